The van der Waals surface area contributed by atoms with Crippen molar-refractivity contribution in [3.05, 3.63) is 0 Å². The highest BCUT2D eigenvalue weighted by molar-refractivity contribution is 7.90. The second kappa shape index (κ2) is 8.96. The Morgan fingerprint density at radius 1 is 1.19 bits per heavy atom. The summed E-state index contributed by atoms with van der Waals surface area (Å²) in [6.45, 7) is 7.08. The summed E-state index contributed by atoms with van der Waals surface area (Å²) in [5.74, 6) is 0.928. The molecule has 98 valence electrons. The molecule has 1 N–H and O–H groups in total. The Balaban J connectivity index is 3.10. The molecule has 0 unspecified atom stereocenters. The molecule has 0 aliphatic heterocycles. The van der Waals surface area contributed by atoms with Crippen LogP contribution < -0.4 is 5.32 Å². The molecule has 0 atom stereocenters. The molecule has 0 saturated carbocycles. The Morgan fingerprint density at radius 3 is 2.44 bits per heavy atom. The van der Waals surface area contributed by atoms with Gasteiger partial charge in [0.15, 0.2) is 0 Å². The first-order chi connectivity index (χ1) is 7.42. The van der Waals surface area contributed by atoms with E-state index in [0.29, 0.717) is 13.2 Å². The highest BCUT2D eigenvalue weighted by Gasteiger charge is 2.00. The fraction of sp³-hybridized carbons (Fsp3) is 1.00. The lowest BCUT2D eigenvalue weighted by molar-refractivity contribution is 0.130. The van der Waals surface area contributed by atoms with Crippen molar-refractivity contribution in [2.24, 2.45) is 5.92 Å². The van der Waals surface area contributed by atoms with Gasteiger partial charge < -0.3 is 10.1 Å². The number of sulfone groups is 1. The number of hydrogen-bond donors (Lipinski definition) is 1. The Morgan fingerprint density at radius 2 is 1.88 bits per heavy atom. The highest BCUT2D eigenvalue weighted by Crippen LogP contribution is 2.02. The molecule has 0 radical (unpaired) electrons. The summed E-state index contributed by atoms with van der Waals surface area (Å²) in [4.78, 5) is 0. The van der Waals surface area contributed by atoms with Crippen molar-refractivity contribution >= 4 is 9.84 Å². The topological polar surface area (TPSA) is 55.4 Å². The van der Waals surface area contributed by atoms with Gasteiger partial charge in [-0.25, -0.2) is 8.42 Å². The standard InChI is InChI=1S/C11H25NO3S/c1-11(2)5-4-8-15-9-6-12-7-10-16(3,13)14/h11-12H,4-10H2,1-3H3. The molecule has 0 aromatic carbocycles. The van der Waals surface area contributed by atoms with Gasteiger partial charge >= 0.3 is 0 Å². The molecule has 0 aromatic rings. The summed E-state index contributed by atoms with van der Waals surface area (Å²) < 4.78 is 27.0. The van der Waals surface area contributed by atoms with Crippen LogP contribution in [0, 0.1) is 5.92 Å². The summed E-state index contributed by atoms with van der Waals surface area (Å²) in [5.41, 5.74) is 0. The predicted octanol–water partition coefficient (Wildman–Crippen LogP) is 1.07. The maximum Gasteiger partial charge on any atom is 0.148 e. The fourth-order valence-electron chi connectivity index (χ4n) is 1.22. The van der Waals surface area contributed by atoms with Gasteiger partial charge in [-0.15, -0.1) is 0 Å². The minimum Gasteiger partial charge on any atom is -0.380 e. The van der Waals surface area contributed by atoms with Gasteiger partial charge in [-0.2, -0.15) is 0 Å². The van der Waals surface area contributed by atoms with E-state index in [0.717, 1.165) is 25.5 Å². The molecule has 0 rings (SSSR count). The lowest BCUT2D eigenvalue weighted by Crippen LogP contribution is -2.26. The van der Waals surface area contributed by atoms with Crippen LogP contribution in [0.4, 0.5) is 0 Å². The van der Waals surface area contributed by atoms with E-state index >= 15 is 0 Å². The smallest absolute Gasteiger partial charge is 0.148 e. The van der Waals surface area contributed by atoms with Crippen molar-refractivity contribution in [2.75, 3.05) is 38.3 Å². The average Bonchev–Trinajstić information content (AvgIpc) is 2.13. The molecule has 0 heterocycles. The van der Waals surface area contributed by atoms with E-state index in [1.54, 1.807) is 0 Å². The first-order valence-corrected chi connectivity index (χ1v) is 7.94. The molecule has 0 saturated heterocycles. The lowest BCUT2D eigenvalue weighted by Gasteiger charge is -2.07. The molecular formula is C11H25NO3S. The van der Waals surface area contributed by atoms with E-state index in [1.807, 2.05) is 0 Å². The minimum absolute atomic E-state index is 0.195. The van der Waals surface area contributed by atoms with Gasteiger partial charge in [-0.3, -0.25) is 0 Å². The third-order valence-corrected chi connectivity index (χ3v) is 3.09. The second-order valence-corrected chi connectivity index (χ2v) is 6.79. The Bertz CT molecular complexity index is 250. The summed E-state index contributed by atoms with van der Waals surface area (Å²) in [5, 5.41) is 3.04. The molecule has 4 nitrogen and oxygen atoms in total. The van der Waals surface area contributed by atoms with Crippen molar-refractivity contribution in [1.82, 2.24) is 5.32 Å². The van der Waals surface area contributed by atoms with Crippen LogP contribution in [0.5, 0.6) is 0 Å². The van der Waals surface area contributed by atoms with Gasteiger partial charge in [-0.05, 0) is 18.8 Å². The van der Waals surface area contributed by atoms with Crippen LogP contribution in [0.15, 0.2) is 0 Å². The molecule has 0 aliphatic carbocycles. The van der Waals surface area contributed by atoms with Gasteiger partial charge in [-0.1, -0.05) is 13.8 Å². The van der Waals surface area contributed by atoms with Crippen LogP contribution in [-0.2, 0) is 14.6 Å². The summed E-state index contributed by atoms with van der Waals surface area (Å²) >= 11 is 0. The van der Waals surface area contributed by atoms with E-state index in [1.165, 1.54) is 12.7 Å². The third kappa shape index (κ3) is 13.9. The van der Waals surface area contributed by atoms with E-state index < -0.39 is 9.84 Å². The van der Waals surface area contributed by atoms with Crippen LogP contribution in [0.1, 0.15) is 26.7 Å². The molecule has 5 heteroatoms. The van der Waals surface area contributed by atoms with Crippen LogP contribution in [0.3, 0.4) is 0 Å². The van der Waals surface area contributed by atoms with E-state index in [9.17, 15) is 8.42 Å². The molecule has 0 aromatic heterocycles. The van der Waals surface area contributed by atoms with Crippen molar-refractivity contribution in [3.63, 3.8) is 0 Å². The summed E-state index contributed by atoms with van der Waals surface area (Å²) in [6.07, 6.45) is 3.54. The maximum atomic E-state index is 10.8. The fourth-order valence-corrected chi connectivity index (χ4v) is 1.74. The summed E-state index contributed by atoms with van der Waals surface area (Å²) in [6, 6.07) is 0. The lowest BCUT2D eigenvalue weighted by atomic mass is 10.1. The average molecular weight is 251 g/mol. The molecule has 0 spiro atoms. The van der Waals surface area contributed by atoms with Crippen molar-refractivity contribution < 1.29 is 13.2 Å². The SMILES string of the molecule is CC(C)CCCOCCNCCS(C)(=O)=O. The first kappa shape index (κ1) is 15.9. The Kier molecular flexibility index (Phi) is 8.89. The van der Waals surface area contributed by atoms with E-state index in [4.69, 9.17) is 4.74 Å². The van der Waals surface area contributed by atoms with Gasteiger partial charge in [0, 0.05) is 26.0 Å². The molecule has 0 amide bonds. The quantitative estimate of drug-likeness (QED) is 0.590. The van der Waals surface area contributed by atoms with Gasteiger partial charge in [0.25, 0.3) is 0 Å². The number of nitrogens with one attached hydrogen (secondary N) is 1. The van der Waals surface area contributed by atoms with Crippen LogP contribution in [-0.4, -0.2) is 46.7 Å². The summed E-state index contributed by atoms with van der Waals surface area (Å²) in [7, 11) is -2.84. The van der Waals surface area contributed by atoms with Crippen LogP contribution >= 0.6 is 0 Å². The van der Waals surface area contributed by atoms with E-state index in [2.05, 4.69) is 19.2 Å². The molecule has 0 bridgehead atoms. The van der Waals surface area contributed by atoms with Gasteiger partial charge in [0.1, 0.15) is 9.84 Å². The van der Waals surface area contributed by atoms with Gasteiger partial charge in [0.2, 0.25) is 0 Å². The third-order valence-electron chi connectivity index (χ3n) is 2.14. The minimum atomic E-state index is -2.84. The molecular weight excluding hydrogens is 226 g/mol. The number of hydrogen-bond acceptors (Lipinski definition) is 4. The van der Waals surface area contributed by atoms with Crippen molar-refractivity contribution in [1.29, 1.82) is 0 Å². The monoisotopic (exact) mass is 251 g/mol. The zero-order valence-electron chi connectivity index (χ0n) is 10.7. The Hall–Kier alpha value is -0.130. The van der Waals surface area contributed by atoms with Crippen molar-refractivity contribution in [2.45, 2.75) is 26.7 Å². The van der Waals surface area contributed by atoms with E-state index in [-0.39, 0.29) is 5.75 Å². The van der Waals surface area contributed by atoms with Crippen LogP contribution in [0.25, 0.3) is 0 Å². The second-order valence-electron chi connectivity index (χ2n) is 4.53. The largest absolute Gasteiger partial charge is 0.380 e. The highest BCUT2D eigenvalue weighted by atomic mass is 32.2. The molecule has 16 heavy (non-hydrogen) atoms. The van der Waals surface area contributed by atoms with Crippen molar-refractivity contribution in [3.8, 4) is 0 Å². The van der Waals surface area contributed by atoms with Gasteiger partial charge in [0.05, 0.1) is 12.4 Å². The predicted molar refractivity (Wildman–Crippen MR) is 67.5 cm³/mol. The zero-order chi connectivity index (χ0) is 12.4. The normalized spacial score (nSPS) is 12.2. The number of rotatable bonds is 10. The molecule has 0 fully saturated rings. The maximum absolute atomic E-state index is 10.8. The molecule has 0 aliphatic rings. The number of ether oxygens (including phenoxy) is 1. The zero-order valence-corrected chi connectivity index (χ0v) is 11.5. The Labute approximate surface area is 99.7 Å². The van der Waals surface area contributed by atoms with Crippen LogP contribution in [0.2, 0.25) is 0 Å². The first-order valence-electron chi connectivity index (χ1n) is 5.88.